The van der Waals surface area contributed by atoms with Gasteiger partial charge in [-0.05, 0) is 26.7 Å². The van der Waals surface area contributed by atoms with Crippen LogP contribution in [0.5, 0.6) is 0 Å². The molecule has 4 atom stereocenters. The van der Waals surface area contributed by atoms with E-state index >= 15 is 0 Å². The minimum absolute atomic E-state index is 0.354. The van der Waals surface area contributed by atoms with Gasteiger partial charge in [0.2, 0.25) is 23.6 Å². The topological polar surface area (TPSA) is 185 Å². The highest BCUT2D eigenvalue weighted by Crippen LogP contribution is 2.18. The Bertz CT molecular complexity index is 593. The van der Waals surface area contributed by atoms with Crippen LogP contribution >= 0.6 is 0 Å². The van der Waals surface area contributed by atoms with E-state index in [4.69, 9.17) is 16.6 Å². The minimum atomic E-state index is -1.48. The molecule has 26 heavy (non-hydrogen) atoms. The van der Waals surface area contributed by atoms with Gasteiger partial charge >= 0.3 is 5.97 Å². The lowest BCUT2D eigenvalue weighted by Gasteiger charge is -2.26. The fourth-order valence-corrected chi connectivity index (χ4v) is 2.64. The second-order valence-corrected chi connectivity index (χ2v) is 6.28. The van der Waals surface area contributed by atoms with Gasteiger partial charge in [0, 0.05) is 6.54 Å². The fourth-order valence-electron chi connectivity index (χ4n) is 2.64. The van der Waals surface area contributed by atoms with E-state index in [-0.39, 0.29) is 5.91 Å². The first kappa shape index (κ1) is 21.4. The predicted octanol–water partition coefficient (Wildman–Crippen LogP) is -2.73. The molecule has 1 aliphatic rings. The van der Waals surface area contributed by atoms with E-state index in [0.717, 1.165) is 0 Å². The Morgan fingerprint density at radius 3 is 2.31 bits per heavy atom. The van der Waals surface area contributed by atoms with Crippen LogP contribution in [0.25, 0.3) is 0 Å². The van der Waals surface area contributed by atoms with Gasteiger partial charge in [-0.3, -0.25) is 19.2 Å². The Morgan fingerprint density at radius 1 is 1.19 bits per heavy atom. The number of nitrogens with zero attached hydrogens (tertiary/aromatic N) is 1. The second kappa shape index (κ2) is 9.13. The molecule has 1 aliphatic heterocycles. The molecular formula is C15H25N5O6. The molecule has 1 rings (SSSR count). The van der Waals surface area contributed by atoms with Crippen molar-refractivity contribution in [2.75, 3.05) is 6.54 Å². The molecule has 0 spiro atoms. The zero-order valence-corrected chi connectivity index (χ0v) is 14.7. The largest absolute Gasteiger partial charge is 0.480 e. The number of amides is 4. The molecule has 11 heteroatoms. The van der Waals surface area contributed by atoms with Crippen molar-refractivity contribution < 1.29 is 29.1 Å². The van der Waals surface area contributed by atoms with E-state index in [1.165, 1.54) is 18.7 Å². The average molecular weight is 371 g/mol. The minimum Gasteiger partial charge on any atom is -0.480 e. The van der Waals surface area contributed by atoms with E-state index < -0.39 is 54.3 Å². The van der Waals surface area contributed by atoms with E-state index in [9.17, 15) is 24.0 Å². The Morgan fingerprint density at radius 2 is 1.81 bits per heavy atom. The molecule has 7 N–H and O–H groups in total. The lowest BCUT2D eigenvalue weighted by Crippen LogP contribution is -2.55. The van der Waals surface area contributed by atoms with Gasteiger partial charge in [-0.1, -0.05) is 0 Å². The third-order valence-corrected chi connectivity index (χ3v) is 4.00. The summed E-state index contributed by atoms with van der Waals surface area (Å²) in [5.41, 5.74) is 10.5. The summed E-state index contributed by atoms with van der Waals surface area (Å²) in [6.07, 6.45) is 0.510. The van der Waals surface area contributed by atoms with Crippen molar-refractivity contribution in [2.45, 2.75) is 57.3 Å². The van der Waals surface area contributed by atoms with Gasteiger partial charge in [0.25, 0.3) is 0 Å². The van der Waals surface area contributed by atoms with Crippen LogP contribution in [0.3, 0.4) is 0 Å². The molecule has 11 nitrogen and oxygen atoms in total. The van der Waals surface area contributed by atoms with Crippen molar-refractivity contribution in [2.24, 2.45) is 11.5 Å². The maximum Gasteiger partial charge on any atom is 0.326 e. The lowest BCUT2D eigenvalue weighted by molar-refractivity contribution is -0.144. The molecule has 146 valence electrons. The second-order valence-electron chi connectivity index (χ2n) is 6.28. The molecular weight excluding hydrogens is 346 g/mol. The van der Waals surface area contributed by atoms with Crippen molar-refractivity contribution >= 4 is 29.6 Å². The van der Waals surface area contributed by atoms with Gasteiger partial charge in [-0.2, -0.15) is 0 Å². The van der Waals surface area contributed by atoms with Gasteiger partial charge in [-0.15, -0.1) is 0 Å². The maximum atomic E-state index is 12.4. The number of primary amides is 1. The van der Waals surface area contributed by atoms with E-state index in [0.29, 0.717) is 19.4 Å². The van der Waals surface area contributed by atoms with Gasteiger partial charge < -0.3 is 32.1 Å². The van der Waals surface area contributed by atoms with E-state index in [1.54, 1.807) is 0 Å². The molecule has 0 saturated carbocycles. The Balaban J connectivity index is 2.67. The molecule has 4 amide bonds. The summed E-state index contributed by atoms with van der Waals surface area (Å²) >= 11 is 0. The van der Waals surface area contributed by atoms with Gasteiger partial charge in [0.05, 0.1) is 12.5 Å². The Kier molecular flexibility index (Phi) is 7.50. The highest BCUT2D eigenvalue weighted by atomic mass is 16.4. The fraction of sp³-hybridized carbons (Fsp3) is 0.667. The quantitative estimate of drug-likeness (QED) is 0.306. The Labute approximate surface area is 150 Å². The maximum absolute atomic E-state index is 12.4. The molecule has 0 aromatic heterocycles. The standard InChI is InChI=1S/C15H25N5O6/c1-7(16)14(24)20-5-3-4-10(20)13(23)18-8(2)12(22)19-9(15(25)26)6-11(17)21/h7-10H,3-6,16H2,1-2H3,(H2,17,21)(H,18,23)(H,19,22)(H,25,26). The van der Waals surface area contributed by atoms with Crippen LogP contribution in [0.1, 0.15) is 33.1 Å². The van der Waals surface area contributed by atoms with Gasteiger partial charge in [-0.25, -0.2) is 4.79 Å². The predicted molar refractivity (Wildman–Crippen MR) is 89.4 cm³/mol. The lowest BCUT2D eigenvalue weighted by atomic mass is 10.1. The summed E-state index contributed by atoms with van der Waals surface area (Å²) < 4.78 is 0. The number of carboxylic acid groups (broad SMARTS) is 1. The van der Waals surface area contributed by atoms with Crippen LogP contribution < -0.4 is 22.1 Å². The number of carbonyl (C=O) groups excluding carboxylic acids is 4. The number of carbonyl (C=O) groups is 5. The number of hydrogen-bond donors (Lipinski definition) is 5. The van der Waals surface area contributed by atoms with Crippen molar-refractivity contribution in [3.63, 3.8) is 0 Å². The summed E-state index contributed by atoms with van der Waals surface area (Å²) in [5, 5.41) is 13.6. The molecule has 0 aromatic carbocycles. The summed E-state index contributed by atoms with van der Waals surface area (Å²) in [6.45, 7) is 3.29. The molecule has 4 unspecified atom stereocenters. The highest BCUT2D eigenvalue weighted by molar-refractivity contribution is 5.94. The van der Waals surface area contributed by atoms with Crippen LogP contribution in [0.2, 0.25) is 0 Å². The molecule has 0 aromatic rings. The number of aliphatic carboxylic acids is 1. The van der Waals surface area contributed by atoms with Crippen molar-refractivity contribution in [1.29, 1.82) is 0 Å². The average Bonchev–Trinajstić information content (AvgIpc) is 3.02. The zero-order valence-electron chi connectivity index (χ0n) is 14.7. The van der Waals surface area contributed by atoms with Gasteiger partial charge in [0.15, 0.2) is 0 Å². The number of nitrogens with two attached hydrogens (primary N) is 2. The number of likely N-dealkylation sites (tertiary alicyclic amines) is 1. The third-order valence-electron chi connectivity index (χ3n) is 4.00. The number of hydrogen-bond acceptors (Lipinski definition) is 6. The highest BCUT2D eigenvalue weighted by Gasteiger charge is 2.36. The summed E-state index contributed by atoms with van der Waals surface area (Å²) in [6, 6.07) is -4.02. The summed E-state index contributed by atoms with van der Waals surface area (Å²) in [7, 11) is 0. The van der Waals surface area contributed by atoms with Crippen LogP contribution in [0.4, 0.5) is 0 Å². The molecule has 1 saturated heterocycles. The van der Waals surface area contributed by atoms with Crippen molar-refractivity contribution in [1.82, 2.24) is 15.5 Å². The van der Waals surface area contributed by atoms with Crippen molar-refractivity contribution in [3.8, 4) is 0 Å². The van der Waals surface area contributed by atoms with Gasteiger partial charge in [0.1, 0.15) is 18.1 Å². The van der Waals surface area contributed by atoms with E-state index in [1.807, 2.05) is 0 Å². The molecule has 0 bridgehead atoms. The first-order valence-electron chi connectivity index (χ1n) is 8.22. The summed E-state index contributed by atoms with van der Waals surface area (Å²) in [4.78, 5) is 59.8. The number of carboxylic acids is 1. The van der Waals surface area contributed by atoms with Crippen LogP contribution in [-0.2, 0) is 24.0 Å². The molecule has 0 radical (unpaired) electrons. The van der Waals surface area contributed by atoms with Crippen molar-refractivity contribution in [3.05, 3.63) is 0 Å². The monoisotopic (exact) mass is 371 g/mol. The molecule has 1 heterocycles. The normalized spacial score (nSPS) is 20.0. The first-order valence-corrected chi connectivity index (χ1v) is 8.22. The van der Waals surface area contributed by atoms with Crippen LogP contribution in [0, 0.1) is 0 Å². The molecule has 1 fully saturated rings. The van der Waals surface area contributed by atoms with E-state index in [2.05, 4.69) is 10.6 Å². The SMILES string of the molecule is CC(N)C(=O)N1CCCC1C(=O)NC(C)C(=O)NC(CC(N)=O)C(=O)O. The zero-order chi connectivity index (χ0) is 20.0. The smallest absolute Gasteiger partial charge is 0.326 e. The van der Waals surface area contributed by atoms with Crippen LogP contribution in [-0.4, -0.2) is 70.3 Å². The summed E-state index contributed by atoms with van der Waals surface area (Å²) in [5.74, 6) is -3.96. The third kappa shape index (κ3) is 5.69. The number of rotatable bonds is 8. The van der Waals surface area contributed by atoms with Crippen LogP contribution in [0.15, 0.2) is 0 Å². The first-order chi connectivity index (χ1) is 12.0. The Hall–Kier alpha value is -2.69. The number of nitrogens with one attached hydrogen (secondary N) is 2. The molecule has 0 aliphatic carbocycles.